The predicted molar refractivity (Wildman–Crippen MR) is 99.8 cm³/mol. The molecule has 1 aromatic carbocycles. The third-order valence-electron chi connectivity index (χ3n) is 4.98. The fourth-order valence-electron chi connectivity index (χ4n) is 3.37. The number of hydrogen-bond acceptors (Lipinski definition) is 4. The largest absolute Gasteiger partial charge is 0.325 e. The van der Waals surface area contributed by atoms with Gasteiger partial charge in [-0.05, 0) is 43.2 Å². The third-order valence-corrected chi connectivity index (χ3v) is 5.89. The van der Waals surface area contributed by atoms with Crippen molar-refractivity contribution in [3.8, 4) is 10.4 Å². The first-order chi connectivity index (χ1) is 12.5. The van der Waals surface area contributed by atoms with Crippen LogP contribution < -0.4 is 10.6 Å². The van der Waals surface area contributed by atoms with Crippen molar-refractivity contribution in [2.45, 2.75) is 25.3 Å². The monoisotopic (exact) mass is 369 g/mol. The van der Waals surface area contributed by atoms with Crippen molar-refractivity contribution in [1.29, 1.82) is 0 Å². The average molecular weight is 369 g/mol. The molecule has 1 aliphatic carbocycles. The summed E-state index contributed by atoms with van der Waals surface area (Å²) in [6, 6.07) is 10.9. The maximum absolute atomic E-state index is 12.6. The van der Waals surface area contributed by atoms with Crippen molar-refractivity contribution in [3.63, 3.8) is 0 Å². The Morgan fingerprint density at radius 2 is 2.04 bits per heavy atom. The van der Waals surface area contributed by atoms with E-state index in [2.05, 4.69) is 10.6 Å². The van der Waals surface area contributed by atoms with Gasteiger partial charge < -0.3 is 10.6 Å². The fraction of sp³-hybridized carbons (Fsp3) is 0.316. The van der Waals surface area contributed by atoms with Gasteiger partial charge in [0.15, 0.2) is 0 Å². The normalized spacial score (nSPS) is 22.4. The van der Waals surface area contributed by atoms with Gasteiger partial charge >= 0.3 is 6.03 Å². The molecule has 1 saturated carbocycles. The molecule has 0 bridgehead atoms. The van der Waals surface area contributed by atoms with E-state index in [1.165, 1.54) is 0 Å². The van der Waals surface area contributed by atoms with Gasteiger partial charge in [0, 0.05) is 16.1 Å². The van der Waals surface area contributed by atoms with Gasteiger partial charge in [0.2, 0.25) is 5.91 Å². The number of anilines is 1. The molecule has 0 spiro atoms. The number of amides is 4. The molecular formula is C19H19N3O3S. The van der Waals surface area contributed by atoms with Crippen molar-refractivity contribution in [3.05, 3.63) is 41.8 Å². The zero-order valence-electron chi connectivity index (χ0n) is 14.3. The Labute approximate surface area is 155 Å². The van der Waals surface area contributed by atoms with E-state index in [1.54, 1.807) is 18.3 Å². The Bertz CT molecular complexity index is 876. The van der Waals surface area contributed by atoms with Crippen LogP contribution in [-0.4, -0.2) is 34.8 Å². The first-order valence-corrected chi connectivity index (χ1v) is 9.44. The van der Waals surface area contributed by atoms with Crippen LogP contribution in [0.3, 0.4) is 0 Å². The summed E-state index contributed by atoms with van der Waals surface area (Å²) >= 11 is 1.58. The second kappa shape index (κ2) is 6.25. The molecule has 1 unspecified atom stereocenters. The molecule has 2 fully saturated rings. The maximum atomic E-state index is 12.6. The van der Waals surface area contributed by atoms with Crippen molar-refractivity contribution in [2.24, 2.45) is 5.92 Å². The summed E-state index contributed by atoms with van der Waals surface area (Å²) in [5.41, 5.74) is 0.708. The minimum absolute atomic E-state index is 0.173. The molecule has 7 heteroatoms. The summed E-state index contributed by atoms with van der Waals surface area (Å²) in [4.78, 5) is 39.4. The van der Waals surface area contributed by atoms with Crippen molar-refractivity contribution in [2.75, 3.05) is 11.9 Å². The highest BCUT2D eigenvalue weighted by Crippen LogP contribution is 2.42. The van der Waals surface area contributed by atoms with E-state index in [1.807, 2.05) is 41.8 Å². The quantitative estimate of drug-likeness (QED) is 0.795. The van der Waals surface area contributed by atoms with E-state index < -0.39 is 17.5 Å². The maximum Gasteiger partial charge on any atom is 0.325 e. The Kier molecular flexibility index (Phi) is 4.03. The molecule has 26 heavy (non-hydrogen) atoms. The lowest BCUT2D eigenvalue weighted by atomic mass is 9.96. The molecule has 2 aromatic rings. The molecule has 1 saturated heterocycles. The number of imide groups is 1. The minimum atomic E-state index is -0.869. The first-order valence-electron chi connectivity index (χ1n) is 8.56. The number of carbonyl (C=O) groups excluding carboxylic acids is 3. The second-order valence-corrected chi connectivity index (χ2v) is 7.82. The highest BCUT2D eigenvalue weighted by molar-refractivity contribution is 7.13. The Morgan fingerprint density at radius 3 is 2.73 bits per heavy atom. The summed E-state index contributed by atoms with van der Waals surface area (Å²) in [5, 5.41) is 7.56. The Morgan fingerprint density at radius 1 is 1.27 bits per heavy atom. The van der Waals surface area contributed by atoms with Crippen molar-refractivity contribution in [1.82, 2.24) is 10.2 Å². The average Bonchev–Trinajstić information content (AvgIpc) is 3.30. The fourth-order valence-corrected chi connectivity index (χ4v) is 4.13. The summed E-state index contributed by atoms with van der Waals surface area (Å²) in [5.74, 6) is -0.532. The van der Waals surface area contributed by atoms with E-state index in [4.69, 9.17) is 0 Å². The lowest BCUT2D eigenvalue weighted by molar-refractivity contribution is -0.134. The van der Waals surface area contributed by atoms with Gasteiger partial charge in [-0.2, -0.15) is 0 Å². The smallest absolute Gasteiger partial charge is 0.324 e. The lowest BCUT2D eigenvalue weighted by Crippen LogP contribution is -2.46. The van der Waals surface area contributed by atoms with Gasteiger partial charge in [-0.25, -0.2) is 4.79 Å². The molecule has 134 valence electrons. The van der Waals surface area contributed by atoms with E-state index in [9.17, 15) is 14.4 Å². The number of carbonyl (C=O) groups is 3. The molecule has 2 heterocycles. The summed E-state index contributed by atoms with van der Waals surface area (Å²) < 4.78 is 0. The molecule has 6 nitrogen and oxygen atoms in total. The van der Waals surface area contributed by atoms with Gasteiger partial charge in [-0.15, -0.1) is 11.3 Å². The summed E-state index contributed by atoms with van der Waals surface area (Å²) in [6.45, 7) is 1.46. The van der Waals surface area contributed by atoms with Crippen LogP contribution in [0.1, 0.15) is 19.8 Å². The molecule has 2 N–H and O–H groups in total. The predicted octanol–water partition coefficient (Wildman–Crippen LogP) is 3.07. The molecule has 4 rings (SSSR count). The molecular weight excluding hydrogens is 350 g/mol. The van der Waals surface area contributed by atoms with E-state index in [0.29, 0.717) is 5.69 Å². The topological polar surface area (TPSA) is 78.5 Å². The number of urea groups is 1. The van der Waals surface area contributed by atoms with E-state index >= 15 is 0 Å². The number of thiophene rings is 1. The number of para-hydroxylation sites is 1. The third kappa shape index (κ3) is 2.88. The standard InChI is InChI=1S/C19H19N3O3S/c1-19(12-8-9-12)17(24)22(18(25)21-19)11-16(23)20-14-6-3-2-5-13(14)15-7-4-10-26-15/h2-7,10,12H,8-9,11H2,1H3,(H,20,23)(H,21,25). The van der Waals surface area contributed by atoms with Crippen molar-refractivity contribution < 1.29 is 14.4 Å². The molecule has 0 radical (unpaired) electrons. The minimum Gasteiger partial charge on any atom is -0.324 e. The van der Waals surface area contributed by atoms with Crippen LogP contribution in [0.4, 0.5) is 10.5 Å². The first kappa shape index (κ1) is 16.8. The zero-order valence-corrected chi connectivity index (χ0v) is 15.1. The van der Waals surface area contributed by atoms with Crippen LogP contribution in [0.15, 0.2) is 41.8 Å². The van der Waals surface area contributed by atoms with Gasteiger partial charge in [0.25, 0.3) is 5.91 Å². The van der Waals surface area contributed by atoms with Crippen LogP contribution in [0.25, 0.3) is 10.4 Å². The molecule has 2 aliphatic rings. The summed E-state index contributed by atoms with van der Waals surface area (Å²) in [7, 11) is 0. The van der Waals surface area contributed by atoms with Crippen LogP contribution in [0.5, 0.6) is 0 Å². The number of hydrogen-bond donors (Lipinski definition) is 2. The van der Waals surface area contributed by atoms with Crippen LogP contribution in [0.2, 0.25) is 0 Å². The van der Waals surface area contributed by atoms with Crippen LogP contribution >= 0.6 is 11.3 Å². The number of benzene rings is 1. The zero-order chi connectivity index (χ0) is 18.3. The van der Waals surface area contributed by atoms with Crippen LogP contribution in [-0.2, 0) is 9.59 Å². The lowest BCUT2D eigenvalue weighted by Gasteiger charge is -2.20. The highest BCUT2D eigenvalue weighted by atomic mass is 32.1. The molecule has 1 aromatic heterocycles. The second-order valence-electron chi connectivity index (χ2n) is 6.87. The SMILES string of the molecule is CC1(C2CC2)NC(=O)N(CC(=O)Nc2ccccc2-c2cccs2)C1=O. The highest BCUT2D eigenvalue weighted by Gasteiger charge is 2.56. The van der Waals surface area contributed by atoms with Gasteiger partial charge in [0.1, 0.15) is 12.1 Å². The molecule has 4 amide bonds. The van der Waals surface area contributed by atoms with Gasteiger partial charge in [-0.1, -0.05) is 24.3 Å². The number of nitrogens with one attached hydrogen (secondary N) is 2. The molecule has 1 atom stereocenters. The Balaban J connectivity index is 1.49. The number of nitrogens with zero attached hydrogens (tertiary/aromatic N) is 1. The van der Waals surface area contributed by atoms with Crippen molar-refractivity contribution >= 4 is 34.9 Å². The number of rotatable bonds is 5. The molecule has 1 aliphatic heterocycles. The van der Waals surface area contributed by atoms with E-state index in [-0.39, 0.29) is 18.4 Å². The van der Waals surface area contributed by atoms with E-state index in [0.717, 1.165) is 28.2 Å². The Hall–Kier alpha value is -2.67. The van der Waals surface area contributed by atoms with Gasteiger partial charge in [-0.3, -0.25) is 14.5 Å². The summed E-state index contributed by atoms with van der Waals surface area (Å²) in [6.07, 6.45) is 1.85. The van der Waals surface area contributed by atoms with Gasteiger partial charge in [0.05, 0.1) is 0 Å². The van der Waals surface area contributed by atoms with Crippen LogP contribution in [0, 0.1) is 5.92 Å².